The van der Waals surface area contributed by atoms with Crippen molar-refractivity contribution in [2.75, 3.05) is 38.2 Å². The Bertz CT molecular complexity index is 374. The predicted octanol–water partition coefficient (Wildman–Crippen LogP) is 1.16. The van der Waals surface area contributed by atoms with Crippen molar-refractivity contribution in [3.05, 3.63) is 23.8 Å². The lowest BCUT2D eigenvalue weighted by atomic mass is 10.1. The number of benzene rings is 1. The Morgan fingerprint density at radius 2 is 2.06 bits per heavy atom. The van der Waals surface area contributed by atoms with E-state index < -0.39 is 6.10 Å². The second-order valence-electron chi connectivity index (χ2n) is 4.31. The summed E-state index contributed by atoms with van der Waals surface area (Å²) in [6.07, 6.45) is -0.518. The number of aliphatic hydroxyl groups is 1. The zero-order chi connectivity index (χ0) is 12.3. The fourth-order valence-electron chi connectivity index (χ4n) is 2.31. The van der Waals surface area contributed by atoms with Crippen LogP contribution in [0.5, 0.6) is 5.75 Å². The van der Waals surface area contributed by atoms with Crippen LogP contribution >= 0.6 is 0 Å². The molecule has 1 aromatic rings. The normalized spacial score (nSPS) is 17.9. The van der Waals surface area contributed by atoms with E-state index in [-0.39, 0.29) is 0 Å². The van der Waals surface area contributed by atoms with Gasteiger partial charge in [0.15, 0.2) is 0 Å². The molecule has 1 aromatic carbocycles. The van der Waals surface area contributed by atoms with Gasteiger partial charge in [0.25, 0.3) is 0 Å². The Balaban J connectivity index is 2.37. The molecule has 17 heavy (non-hydrogen) atoms. The third-order valence-electron chi connectivity index (χ3n) is 3.14. The first-order valence-electron chi connectivity index (χ1n) is 6.04. The van der Waals surface area contributed by atoms with Gasteiger partial charge in [-0.3, -0.25) is 0 Å². The SMILES string of the molecule is COc1cccc(N2CCNCC2)c1C(C)O. The lowest BCUT2D eigenvalue weighted by molar-refractivity contribution is 0.194. The summed E-state index contributed by atoms with van der Waals surface area (Å²) in [5.41, 5.74) is 1.97. The van der Waals surface area contributed by atoms with Crippen LogP contribution in [0.1, 0.15) is 18.6 Å². The molecule has 0 aromatic heterocycles. The molecule has 2 N–H and O–H groups in total. The van der Waals surface area contributed by atoms with Crippen LogP contribution in [0.2, 0.25) is 0 Å². The first kappa shape index (κ1) is 12.2. The van der Waals surface area contributed by atoms with Gasteiger partial charge in [-0.1, -0.05) is 6.07 Å². The van der Waals surface area contributed by atoms with E-state index in [9.17, 15) is 5.11 Å². The molecule has 1 heterocycles. The Morgan fingerprint density at radius 3 is 2.65 bits per heavy atom. The maximum Gasteiger partial charge on any atom is 0.126 e. The van der Waals surface area contributed by atoms with Gasteiger partial charge in [-0.15, -0.1) is 0 Å². The molecule has 0 bridgehead atoms. The maximum atomic E-state index is 9.92. The molecule has 1 aliphatic heterocycles. The lowest BCUT2D eigenvalue weighted by Gasteiger charge is -2.32. The molecular formula is C13H20N2O2. The minimum Gasteiger partial charge on any atom is -0.496 e. The van der Waals surface area contributed by atoms with Gasteiger partial charge in [0.2, 0.25) is 0 Å². The second kappa shape index (κ2) is 5.38. The van der Waals surface area contributed by atoms with E-state index >= 15 is 0 Å². The number of nitrogens with one attached hydrogen (secondary N) is 1. The van der Waals surface area contributed by atoms with Crippen molar-refractivity contribution < 1.29 is 9.84 Å². The van der Waals surface area contributed by atoms with Crippen molar-refractivity contribution in [2.24, 2.45) is 0 Å². The Labute approximate surface area is 102 Å². The Kier molecular flexibility index (Phi) is 3.86. The van der Waals surface area contributed by atoms with Crippen LogP contribution < -0.4 is 15.0 Å². The molecule has 0 radical (unpaired) electrons. The monoisotopic (exact) mass is 236 g/mol. The first-order valence-corrected chi connectivity index (χ1v) is 6.04. The number of aliphatic hydroxyl groups excluding tert-OH is 1. The summed E-state index contributed by atoms with van der Waals surface area (Å²) in [4.78, 5) is 2.29. The molecule has 0 spiro atoms. The van der Waals surface area contributed by atoms with Crippen LogP contribution in [-0.4, -0.2) is 38.4 Å². The minimum absolute atomic E-state index is 0.518. The molecule has 1 aliphatic rings. The van der Waals surface area contributed by atoms with Crippen LogP contribution in [0.15, 0.2) is 18.2 Å². The highest BCUT2D eigenvalue weighted by atomic mass is 16.5. The van der Waals surface area contributed by atoms with Gasteiger partial charge in [-0.05, 0) is 19.1 Å². The van der Waals surface area contributed by atoms with Crippen LogP contribution in [0.4, 0.5) is 5.69 Å². The average molecular weight is 236 g/mol. The summed E-state index contributed by atoms with van der Waals surface area (Å²) in [6, 6.07) is 5.92. The molecule has 1 fully saturated rings. The highest BCUT2D eigenvalue weighted by Crippen LogP contribution is 2.34. The van der Waals surface area contributed by atoms with Crippen molar-refractivity contribution in [2.45, 2.75) is 13.0 Å². The molecule has 1 saturated heterocycles. The molecule has 0 aliphatic carbocycles. The summed E-state index contributed by atoms with van der Waals surface area (Å²) in [5.74, 6) is 0.760. The minimum atomic E-state index is -0.518. The van der Waals surface area contributed by atoms with Gasteiger partial charge < -0.3 is 20.1 Å². The molecule has 2 rings (SSSR count). The predicted molar refractivity (Wildman–Crippen MR) is 68.7 cm³/mol. The molecule has 4 nitrogen and oxygen atoms in total. The van der Waals surface area contributed by atoms with Gasteiger partial charge in [0, 0.05) is 37.4 Å². The van der Waals surface area contributed by atoms with Crippen molar-refractivity contribution in [1.82, 2.24) is 5.32 Å². The van der Waals surface area contributed by atoms with E-state index in [4.69, 9.17) is 4.74 Å². The molecular weight excluding hydrogens is 216 g/mol. The summed E-state index contributed by atoms with van der Waals surface area (Å²) in [7, 11) is 1.64. The van der Waals surface area contributed by atoms with Gasteiger partial charge >= 0.3 is 0 Å². The third-order valence-corrected chi connectivity index (χ3v) is 3.14. The van der Waals surface area contributed by atoms with E-state index in [0.29, 0.717) is 0 Å². The van der Waals surface area contributed by atoms with Crippen LogP contribution in [0, 0.1) is 0 Å². The molecule has 0 amide bonds. The highest BCUT2D eigenvalue weighted by molar-refractivity contribution is 5.60. The van der Waals surface area contributed by atoms with Crippen molar-refractivity contribution in [3.63, 3.8) is 0 Å². The van der Waals surface area contributed by atoms with Crippen molar-refractivity contribution >= 4 is 5.69 Å². The maximum absolute atomic E-state index is 9.92. The summed E-state index contributed by atoms with van der Waals surface area (Å²) in [5, 5.41) is 13.3. The number of hydrogen-bond acceptors (Lipinski definition) is 4. The summed E-state index contributed by atoms with van der Waals surface area (Å²) in [6.45, 7) is 5.68. The topological polar surface area (TPSA) is 44.7 Å². The van der Waals surface area contributed by atoms with Crippen LogP contribution in [0.25, 0.3) is 0 Å². The number of anilines is 1. The molecule has 4 heteroatoms. The fourth-order valence-corrected chi connectivity index (χ4v) is 2.31. The highest BCUT2D eigenvalue weighted by Gasteiger charge is 2.19. The average Bonchev–Trinajstić information content (AvgIpc) is 2.38. The summed E-state index contributed by atoms with van der Waals surface area (Å²) < 4.78 is 5.34. The van der Waals surface area contributed by atoms with Crippen molar-refractivity contribution in [1.29, 1.82) is 0 Å². The molecule has 0 saturated carbocycles. The number of methoxy groups -OCH3 is 1. The Hall–Kier alpha value is -1.26. The number of hydrogen-bond donors (Lipinski definition) is 2. The van der Waals surface area contributed by atoms with E-state index in [2.05, 4.69) is 16.3 Å². The van der Waals surface area contributed by atoms with Crippen molar-refractivity contribution in [3.8, 4) is 5.75 Å². The molecule has 94 valence electrons. The molecule has 1 atom stereocenters. The number of nitrogens with zero attached hydrogens (tertiary/aromatic N) is 1. The largest absolute Gasteiger partial charge is 0.496 e. The number of ether oxygens (including phenoxy) is 1. The first-order chi connectivity index (χ1) is 8.24. The van der Waals surface area contributed by atoms with E-state index in [1.807, 2.05) is 12.1 Å². The second-order valence-corrected chi connectivity index (χ2v) is 4.31. The smallest absolute Gasteiger partial charge is 0.126 e. The van der Waals surface area contributed by atoms with E-state index in [1.54, 1.807) is 14.0 Å². The quantitative estimate of drug-likeness (QED) is 0.826. The lowest BCUT2D eigenvalue weighted by Crippen LogP contribution is -2.44. The number of piperazine rings is 1. The molecule has 1 unspecified atom stereocenters. The van der Waals surface area contributed by atoms with Gasteiger partial charge in [0.05, 0.1) is 13.2 Å². The van der Waals surface area contributed by atoms with Crippen LogP contribution in [-0.2, 0) is 0 Å². The Morgan fingerprint density at radius 1 is 1.35 bits per heavy atom. The van der Waals surface area contributed by atoms with Crippen LogP contribution in [0.3, 0.4) is 0 Å². The zero-order valence-corrected chi connectivity index (χ0v) is 10.4. The standard InChI is InChI=1S/C13H20N2O2/c1-10(16)13-11(4-3-5-12(13)17-2)15-8-6-14-7-9-15/h3-5,10,14,16H,6-9H2,1-2H3. The van der Waals surface area contributed by atoms with Gasteiger partial charge in [-0.2, -0.15) is 0 Å². The van der Waals surface area contributed by atoms with Gasteiger partial charge in [-0.25, -0.2) is 0 Å². The zero-order valence-electron chi connectivity index (χ0n) is 10.4. The van der Waals surface area contributed by atoms with E-state index in [1.165, 1.54) is 0 Å². The van der Waals surface area contributed by atoms with Gasteiger partial charge in [0.1, 0.15) is 5.75 Å². The summed E-state index contributed by atoms with van der Waals surface area (Å²) >= 11 is 0. The third kappa shape index (κ3) is 2.53. The van der Waals surface area contributed by atoms with E-state index in [0.717, 1.165) is 43.2 Å². The number of rotatable bonds is 3. The fraction of sp³-hybridized carbons (Fsp3) is 0.538.